The van der Waals surface area contributed by atoms with Gasteiger partial charge < -0.3 is 0 Å². The zero-order chi connectivity index (χ0) is 91.8. The van der Waals surface area contributed by atoms with E-state index < -0.39 is 0 Å². The first-order valence-electron chi connectivity index (χ1n) is 32.3. The highest BCUT2D eigenvalue weighted by molar-refractivity contribution is 5.59. The van der Waals surface area contributed by atoms with E-state index in [1.807, 2.05) is 0 Å². The highest BCUT2D eigenvalue weighted by Gasteiger charge is 1.70. The summed E-state index contributed by atoms with van der Waals surface area (Å²) in [6, 6.07) is 0. The van der Waals surface area contributed by atoms with Gasteiger partial charge in [0.1, 0.15) is 0 Å². The summed E-state index contributed by atoms with van der Waals surface area (Å²) in [5.74, 6) is 317. The lowest BCUT2D eigenvalue weighted by molar-refractivity contribution is 1.92. The molecule has 0 rings (SSSR count). The molecule has 0 heterocycles. The molecule has 0 aliphatic rings. The molecule has 0 aromatic carbocycles. The van der Waals surface area contributed by atoms with Gasteiger partial charge in [-0.3, -0.25) is 0 Å². The molecule has 0 nitrogen and oxygen atoms in total. The van der Waals surface area contributed by atoms with Gasteiger partial charge in [0, 0.05) is 651 Å². The van der Waals surface area contributed by atoms with Gasteiger partial charge in [-0.05, 0) is 102 Å². The average Bonchev–Trinajstić information content (AvgIpc) is 1.19. The van der Waals surface area contributed by atoms with Crippen molar-refractivity contribution in [3.8, 4) is 758 Å². The molecule has 0 aromatic rings. The Morgan fingerprint density at radius 1 is 0.0620 bits per heavy atom. The third kappa shape index (κ3) is 99.8. The molecule has 0 radical (unpaired) electrons. The predicted molar refractivity (Wildman–Crippen MR) is 504 cm³/mol. The lowest BCUT2D eigenvalue weighted by atomic mass is 10.4. The standard InChI is InChI=1S/C129H4/c1-3-5-7-9-11-13-15-17-19-21-23-25-27-29-31-33-35-37-39-41-43-45-47-49-51-53-55-57-59-61-63-65-67-69-71-73-75-77-79-81-83-85-87-89-91-93-95-97-99-101-103-105-107-109-111-113-115-117-119-121-123-125-127-129-128-126-124-122-120-118-116-114-112-110-108-106-104-102-100-98-96-94-92-90-88-86-84-82-80-78-76-74-72-70-68-66-64-62-60-58-56-54-52-50-48-46-44-42-40-38-36-34-32-30-28-26-24-22-20-18-16-14-12-10-8-6-4-2/h1H,2H3. The minimum absolute atomic E-state index is 1.68. The Labute approximate surface area is 759 Å². The molecule has 0 heteroatoms. The van der Waals surface area contributed by atoms with Crippen LogP contribution in [-0.2, 0) is 0 Å². The van der Waals surface area contributed by atoms with E-state index in [0.29, 0.717) is 0 Å². The first-order chi connectivity index (χ1) is 64.4. The molecule has 0 saturated carbocycles. The fraction of sp³-hybridized carbons (Fsp3) is 0.00775. The Hall–Kier alpha value is -28.2. The van der Waals surface area contributed by atoms with Gasteiger partial charge in [-0.1, -0.05) is 5.92 Å². The molecule has 0 bridgehead atoms. The second-order valence-corrected chi connectivity index (χ2v) is 16.0. The molecular weight excluding hydrogens is 1550 g/mol. The molecule has 0 aromatic heterocycles. The maximum atomic E-state index is 4.96. The third-order valence-electron chi connectivity index (χ3n) is 7.95. The predicted octanol–water partition coefficient (Wildman–Crippen LogP) is 0.854. The van der Waals surface area contributed by atoms with Crippen LogP contribution in [0.25, 0.3) is 0 Å². The zero-order valence-electron chi connectivity index (χ0n) is 65.1. The van der Waals surface area contributed by atoms with Crippen LogP contribution in [0, 0.1) is 758 Å². The van der Waals surface area contributed by atoms with Gasteiger partial charge in [-0.2, -0.15) is 0 Å². The summed E-state index contributed by atoms with van der Waals surface area (Å²) in [5.41, 5.74) is 0. The van der Waals surface area contributed by atoms with Crippen LogP contribution in [0.15, 0.2) is 0 Å². The first kappa shape index (κ1) is 101. The Bertz CT molecular complexity index is 8990. The van der Waals surface area contributed by atoms with Crippen molar-refractivity contribution in [1.29, 1.82) is 0 Å². The normalized spacial score (nSPS) is 3.97. The van der Waals surface area contributed by atoms with E-state index in [1.54, 1.807) is 6.92 Å². The van der Waals surface area contributed by atoms with Gasteiger partial charge in [0.25, 0.3) is 0 Å². The zero-order valence-corrected chi connectivity index (χ0v) is 65.1. The van der Waals surface area contributed by atoms with Gasteiger partial charge in [-0.15, -0.1) is 6.42 Å². The molecule has 0 fully saturated rings. The van der Waals surface area contributed by atoms with Crippen molar-refractivity contribution in [3.05, 3.63) is 0 Å². The van der Waals surface area contributed by atoms with Crippen molar-refractivity contribution in [2.24, 2.45) is 0 Å². The Balaban J connectivity index is 4.65. The highest BCUT2D eigenvalue weighted by Crippen LogP contribution is 1.70. The van der Waals surface area contributed by atoms with Gasteiger partial charge in [-0.25, -0.2) is 0 Å². The number of rotatable bonds is 0. The van der Waals surface area contributed by atoms with Crippen LogP contribution in [0.1, 0.15) is 6.92 Å². The molecule has 0 unspecified atom stereocenters. The summed E-state index contributed by atoms with van der Waals surface area (Å²) in [6.07, 6.45) is 4.96. The van der Waals surface area contributed by atoms with Crippen LogP contribution in [0.5, 0.6) is 0 Å². The topological polar surface area (TPSA) is 0 Å². The fourth-order valence-corrected chi connectivity index (χ4v) is 3.94. The molecule has 0 atom stereocenters. The third-order valence-corrected chi connectivity index (χ3v) is 7.95. The van der Waals surface area contributed by atoms with E-state index >= 15 is 0 Å². The van der Waals surface area contributed by atoms with Crippen LogP contribution in [0.2, 0.25) is 0 Å². The fourth-order valence-electron chi connectivity index (χ4n) is 3.94. The van der Waals surface area contributed by atoms with Crippen LogP contribution in [0.4, 0.5) is 0 Å². The minimum atomic E-state index is 1.68. The van der Waals surface area contributed by atoms with Crippen LogP contribution >= 0.6 is 0 Å². The van der Waals surface area contributed by atoms with E-state index in [2.05, 4.69) is 752 Å². The second-order valence-electron chi connectivity index (χ2n) is 16.0. The van der Waals surface area contributed by atoms with E-state index in [9.17, 15) is 0 Å². The Kier molecular flexibility index (Phi) is 78.0. The Morgan fingerprint density at radius 3 is 0.140 bits per heavy atom. The summed E-state index contributed by atoms with van der Waals surface area (Å²) in [6.45, 7) is 1.68. The lowest BCUT2D eigenvalue weighted by Crippen LogP contribution is -1.57. The molecule has 0 aliphatic carbocycles. The minimum Gasteiger partial charge on any atom is -0.106 e. The van der Waals surface area contributed by atoms with E-state index in [0.717, 1.165) is 0 Å². The van der Waals surface area contributed by atoms with Gasteiger partial charge >= 0.3 is 0 Å². The van der Waals surface area contributed by atoms with Gasteiger partial charge in [0.15, 0.2) is 0 Å². The van der Waals surface area contributed by atoms with Crippen molar-refractivity contribution < 1.29 is 0 Å². The van der Waals surface area contributed by atoms with E-state index in [-0.39, 0.29) is 0 Å². The summed E-state index contributed by atoms with van der Waals surface area (Å²) < 4.78 is 0. The molecule has 520 valence electrons. The molecular formula is C129H4. The van der Waals surface area contributed by atoms with E-state index in [1.165, 1.54) is 0 Å². The molecule has 0 aliphatic heterocycles. The van der Waals surface area contributed by atoms with Crippen LogP contribution in [-0.4, -0.2) is 0 Å². The summed E-state index contributed by atoms with van der Waals surface area (Å²) in [7, 11) is 0. The number of terminal acetylenes is 1. The van der Waals surface area contributed by atoms with Gasteiger partial charge in [0.2, 0.25) is 0 Å². The monoisotopic (exact) mass is 1550 g/mol. The first-order valence-corrected chi connectivity index (χ1v) is 32.3. The van der Waals surface area contributed by atoms with Crippen molar-refractivity contribution >= 4 is 0 Å². The molecule has 0 N–H and O–H groups in total. The molecule has 0 saturated heterocycles. The smallest absolute Gasteiger partial charge is 0 e. The van der Waals surface area contributed by atoms with Crippen molar-refractivity contribution in [2.45, 2.75) is 6.92 Å². The quantitative estimate of drug-likeness (QED) is 0.317. The molecule has 0 spiro atoms. The highest BCUT2D eigenvalue weighted by atomic mass is 13.7. The lowest BCUT2D eigenvalue weighted by Gasteiger charge is -1.58. The number of hydrogen-bond acceptors (Lipinski definition) is 0. The number of hydrogen-bond donors (Lipinski definition) is 0. The molecule has 0 amide bonds. The summed E-state index contributed by atoms with van der Waals surface area (Å²) >= 11 is 0. The Morgan fingerprint density at radius 2 is 0.101 bits per heavy atom. The van der Waals surface area contributed by atoms with Crippen molar-refractivity contribution in [2.75, 3.05) is 0 Å². The maximum Gasteiger partial charge on any atom is 0 e. The summed E-state index contributed by atoms with van der Waals surface area (Å²) in [5, 5.41) is 0. The summed E-state index contributed by atoms with van der Waals surface area (Å²) in [4.78, 5) is 0. The van der Waals surface area contributed by atoms with Gasteiger partial charge in [0.05, 0.1) is 0 Å². The second kappa shape index (κ2) is 99.8. The van der Waals surface area contributed by atoms with Crippen molar-refractivity contribution in [3.63, 3.8) is 0 Å². The average molecular weight is 1550 g/mol. The van der Waals surface area contributed by atoms with Crippen LogP contribution in [0.3, 0.4) is 0 Å². The largest absolute Gasteiger partial charge is 0.106 e. The maximum absolute atomic E-state index is 4.96. The van der Waals surface area contributed by atoms with Crippen molar-refractivity contribution in [1.82, 2.24) is 0 Å². The van der Waals surface area contributed by atoms with Crippen LogP contribution < -0.4 is 0 Å². The van der Waals surface area contributed by atoms with E-state index in [4.69, 9.17) is 6.42 Å². The SMILES string of the molecule is C#CC#CC#CC#CC#CC#CC#CC#CC#CC#CC#CC#CC#CC#CC#CC#CC#CC#CC#CC#CC#CC#CC#CC#CC#CC#CC#CC#CC#CC#CC#CC#CC#CC#CC#CC#CC#CC#CC#CC#CC#CC#CC#CC#CC#CC#CC#CC#CC#CC#CC#CC#CC#CC#CC#CC#CC#CC#CC#CC#CC#CC#CC#CC#CC. The molecule has 129 heavy (non-hydrogen) atoms.